The number of para-hydroxylation sites is 1. The highest BCUT2D eigenvalue weighted by atomic mass is 16.1. The van der Waals surface area contributed by atoms with Crippen LogP contribution in [-0.2, 0) is 17.9 Å². The number of amides is 1. The molecule has 3 aromatic rings. The minimum absolute atomic E-state index is 0.0717. The van der Waals surface area contributed by atoms with Crippen LogP contribution in [0.1, 0.15) is 50.2 Å². The third-order valence-corrected chi connectivity index (χ3v) is 5.79. The molecule has 0 saturated carbocycles. The van der Waals surface area contributed by atoms with E-state index in [-0.39, 0.29) is 5.91 Å². The predicted molar refractivity (Wildman–Crippen MR) is 128 cm³/mol. The number of anilines is 2. The summed E-state index contributed by atoms with van der Waals surface area (Å²) >= 11 is 0. The summed E-state index contributed by atoms with van der Waals surface area (Å²) in [4.78, 5) is 19.2. The molecular weight excluding hydrogens is 384 g/mol. The molecule has 1 amide bonds. The predicted octanol–water partition coefficient (Wildman–Crippen LogP) is 5.25. The van der Waals surface area contributed by atoms with Gasteiger partial charge >= 0.3 is 0 Å². The van der Waals surface area contributed by atoms with E-state index in [9.17, 15) is 4.79 Å². The summed E-state index contributed by atoms with van der Waals surface area (Å²) in [7, 11) is 0. The summed E-state index contributed by atoms with van der Waals surface area (Å²) in [6.45, 7) is 5.73. The van der Waals surface area contributed by atoms with Crippen LogP contribution in [0.25, 0.3) is 10.9 Å². The minimum atomic E-state index is 0.0717. The van der Waals surface area contributed by atoms with Crippen LogP contribution in [0.15, 0.2) is 54.6 Å². The molecule has 2 aromatic carbocycles. The molecule has 1 saturated heterocycles. The molecule has 2 N–H and O–H groups in total. The number of rotatable bonds is 8. The Kier molecular flexibility index (Phi) is 7.15. The summed E-state index contributed by atoms with van der Waals surface area (Å²) in [6, 6.07) is 18.7. The molecule has 1 aliphatic rings. The van der Waals surface area contributed by atoms with Crippen molar-refractivity contribution in [1.29, 1.82) is 0 Å². The smallest absolute Gasteiger partial charge is 0.224 e. The highest BCUT2D eigenvalue weighted by molar-refractivity contribution is 5.90. The first kappa shape index (κ1) is 21.3. The maximum atomic E-state index is 11.7. The van der Waals surface area contributed by atoms with Crippen LogP contribution in [-0.4, -0.2) is 24.0 Å². The van der Waals surface area contributed by atoms with Crippen molar-refractivity contribution >= 4 is 28.3 Å². The number of hydrogen-bond donors (Lipinski definition) is 2. The van der Waals surface area contributed by atoms with Gasteiger partial charge in [0.15, 0.2) is 0 Å². The lowest BCUT2D eigenvalue weighted by atomic mass is 10.1. The van der Waals surface area contributed by atoms with Crippen molar-refractivity contribution in [3.05, 3.63) is 65.7 Å². The lowest BCUT2D eigenvalue weighted by molar-refractivity contribution is -0.116. The number of carbonyl (C=O) groups excluding carboxylic acids is 1. The van der Waals surface area contributed by atoms with E-state index in [1.807, 2.05) is 19.1 Å². The average Bonchev–Trinajstić information content (AvgIpc) is 2.80. The van der Waals surface area contributed by atoms with E-state index >= 15 is 0 Å². The molecule has 4 rings (SSSR count). The number of nitrogens with zero attached hydrogens (tertiary/aromatic N) is 2. The van der Waals surface area contributed by atoms with Crippen LogP contribution >= 0.6 is 0 Å². The average molecular weight is 417 g/mol. The Morgan fingerprint density at radius 2 is 1.77 bits per heavy atom. The number of piperidine rings is 1. The van der Waals surface area contributed by atoms with Gasteiger partial charge in [0.1, 0.15) is 5.82 Å². The highest BCUT2D eigenvalue weighted by Crippen LogP contribution is 2.26. The van der Waals surface area contributed by atoms with E-state index < -0.39 is 0 Å². The van der Waals surface area contributed by atoms with Gasteiger partial charge in [-0.1, -0.05) is 37.3 Å². The maximum absolute atomic E-state index is 11.7. The summed E-state index contributed by atoms with van der Waals surface area (Å²) < 4.78 is 0. The van der Waals surface area contributed by atoms with Crippen molar-refractivity contribution in [3.8, 4) is 0 Å². The molecule has 0 atom stereocenters. The van der Waals surface area contributed by atoms with E-state index in [0.29, 0.717) is 6.42 Å². The fourth-order valence-corrected chi connectivity index (χ4v) is 4.16. The van der Waals surface area contributed by atoms with E-state index in [4.69, 9.17) is 4.98 Å². The van der Waals surface area contributed by atoms with Gasteiger partial charge in [0, 0.05) is 49.2 Å². The highest BCUT2D eigenvalue weighted by Gasteiger charge is 2.17. The largest absolute Gasteiger partial charge is 0.356 e. The molecule has 0 bridgehead atoms. The van der Waals surface area contributed by atoms with Gasteiger partial charge < -0.3 is 15.5 Å². The van der Waals surface area contributed by atoms with E-state index in [2.05, 4.69) is 58.0 Å². The Balaban J connectivity index is 1.42. The zero-order valence-corrected chi connectivity index (χ0v) is 18.4. The monoisotopic (exact) mass is 416 g/mol. The van der Waals surface area contributed by atoms with Crippen LogP contribution in [0.5, 0.6) is 0 Å². The number of benzene rings is 2. The molecule has 5 heteroatoms. The third kappa shape index (κ3) is 5.61. The molecule has 2 heterocycles. The first-order valence-corrected chi connectivity index (χ1v) is 11.5. The van der Waals surface area contributed by atoms with Gasteiger partial charge in [0.25, 0.3) is 0 Å². The van der Waals surface area contributed by atoms with Gasteiger partial charge in [0.05, 0.1) is 5.52 Å². The number of hydrogen-bond acceptors (Lipinski definition) is 4. The van der Waals surface area contributed by atoms with Crippen molar-refractivity contribution in [3.63, 3.8) is 0 Å². The summed E-state index contributed by atoms with van der Waals surface area (Å²) in [5, 5.41) is 7.72. The van der Waals surface area contributed by atoms with Gasteiger partial charge in [-0.05, 0) is 55.5 Å². The summed E-state index contributed by atoms with van der Waals surface area (Å²) in [5.41, 5.74) is 4.37. The van der Waals surface area contributed by atoms with Gasteiger partial charge in [-0.3, -0.25) is 4.79 Å². The van der Waals surface area contributed by atoms with Crippen LogP contribution in [0.2, 0.25) is 0 Å². The second-order valence-electron chi connectivity index (χ2n) is 8.31. The standard InChI is InChI=1S/C26H32N4O/c1-2-8-25(31)28-23-13-11-20(12-14-23)18-27-19-22-17-21-9-4-5-10-24(21)29-26(22)30-15-6-3-7-16-30/h4-5,9-14,17,27H,2-3,6-8,15-16,18-19H2,1H3,(H,28,31). The van der Waals surface area contributed by atoms with E-state index in [1.165, 1.54) is 35.8 Å². The molecule has 1 aromatic heterocycles. The minimum Gasteiger partial charge on any atom is -0.356 e. The molecule has 1 aliphatic heterocycles. The number of aromatic nitrogens is 1. The fourth-order valence-electron chi connectivity index (χ4n) is 4.16. The molecule has 5 nitrogen and oxygen atoms in total. The number of carbonyl (C=O) groups is 1. The third-order valence-electron chi connectivity index (χ3n) is 5.79. The Morgan fingerprint density at radius 1 is 1.00 bits per heavy atom. The molecule has 0 spiro atoms. The second-order valence-corrected chi connectivity index (χ2v) is 8.31. The van der Waals surface area contributed by atoms with E-state index in [1.54, 1.807) is 0 Å². The zero-order valence-electron chi connectivity index (χ0n) is 18.4. The molecule has 1 fully saturated rings. The van der Waals surface area contributed by atoms with Crippen molar-refractivity contribution in [2.75, 3.05) is 23.3 Å². The first-order valence-electron chi connectivity index (χ1n) is 11.5. The molecular formula is C26H32N4O. The van der Waals surface area contributed by atoms with Crippen molar-refractivity contribution in [2.24, 2.45) is 0 Å². The molecule has 162 valence electrons. The number of nitrogens with one attached hydrogen (secondary N) is 2. The number of pyridine rings is 1. The number of fused-ring (bicyclic) bond motifs is 1. The summed E-state index contributed by atoms with van der Waals surface area (Å²) in [5.74, 6) is 1.20. The Morgan fingerprint density at radius 3 is 2.55 bits per heavy atom. The van der Waals surface area contributed by atoms with Crippen molar-refractivity contribution in [2.45, 2.75) is 52.1 Å². The first-order chi connectivity index (χ1) is 15.2. The molecule has 31 heavy (non-hydrogen) atoms. The lowest BCUT2D eigenvalue weighted by Crippen LogP contribution is -2.31. The molecule has 0 aliphatic carbocycles. The Hall–Kier alpha value is -2.92. The zero-order chi connectivity index (χ0) is 21.5. The van der Waals surface area contributed by atoms with Crippen LogP contribution in [0, 0.1) is 0 Å². The SMILES string of the molecule is CCCC(=O)Nc1ccc(CNCc2cc3ccccc3nc2N2CCCCC2)cc1. The second kappa shape index (κ2) is 10.4. The quantitative estimate of drug-likeness (QED) is 0.526. The van der Waals surface area contributed by atoms with Crippen LogP contribution in [0.3, 0.4) is 0 Å². The maximum Gasteiger partial charge on any atom is 0.224 e. The molecule has 0 radical (unpaired) electrons. The van der Waals surface area contributed by atoms with E-state index in [0.717, 1.165) is 49.6 Å². The van der Waals surface area contributed by atoms with Gasteiger partial charge in [0.2, 0.25) is 5.91 Å². The van der Waals surface area contributed by atoms with Gasteiger partial charge in [-0.2, -0.15) is 0 Å². The molecule has 0 unspecified atom stereocenters. The Labute approximate surface area is 184 Å². The van der Waals surface area contributed by atoms with Gasteiger partial charge in [-0.25, -0.2) is 4.98 Å². The fraction of sp³-hybridized carbons (Fsp3) is 0.385. The van der Waals surface area contributed by atoms with Crippen LogP contribution < -0.4 is 15.5 Å². The summed E-state index contributed by atoms with van der Waals surface area (Å²) in [6.07, 6.45) is 5.21. The van der Waals surface area contributed by atoms with Crippen LogP contribution in [0.4, 0.5) is 11.5 Å². The van der Waals surface area contributed by atoms with Crippen molar-refractivity contribution < 1.29 is 4.79 Å². The normalized spacial score (nSPS) is 14.0. The Bertz CT molecular complexity index is 1010. The van der Waals surface area contributed by atoms with Crippen molar-refractivity contribution in [1.82, 2.24) is 10.3 Å². The topological polar surface area (TPSA) is 57.3 Å². The van der Waals surface area contributed by atoms with Gasteiger partial charge in [-0.15, -0.1) is 0 Å². The lowest BCUT2D eigenvalue weighted by Gasteiger charge is -2.30.